The number of pyridine rings is 2. The number of aryl methyl sites for hydroxylation is 2. The summed E-state index contributed by atoms with van der Waals surface area (Å²) in [5, 5.41) is 28.5. The third-order valence-corrected chi connectivity index (χ3v) is 9.24. The van der Waals surface area contributed by atoms with Crippen molar-refractivity contribution in [3.8, 4) is 28.3 Å². The highest BCUT2D eigenvalue weighted by Gasteiger charge is 2.23. The molecule has 0 unspecified atom stereocenters. The van der Waals surface area contributed by atoms with Gasteiger partial charge in [-0.2, -0.15) is 0 Å². The van der Waals surface area contributed by atoms with Gasteiger partial charge in [-0.1, -0.05) is 19.9 Å². The summed E-state index contributed by atoms with van der Waals surface area (Å²) in [5.74, 6) is -3.59. The summed E-state index contributed by atoms with van der Waals surface area (Å²) in [6, 6.07) is 12.3. The number of hydrogen-bond donors (Lipinski definition) is 5. The quantitative estimate of drug-likeness (QED) is 0.152. The lowest BCUT2D eigenvalue weighted by Crippen LogP contribution is -2.20. The van der Waals surface area contributed by atoms with Crippen molar-refractivity contribution in [3.63, 3.8) is 0 Å². The van der Waals surface area contributed by atoms with Crippen molar-refractivity contribution in [2.45, 2.75) is 59.3 Å². The number of carbonyl (C=O) groups is 2. The van der Waals surface area contributed by atoms with Gasteiger partial charge in [-0.05, 0) is 93.0 Å². The van der Waals surface area contributed by atoms with E-state index >= 15 is 0 Å². The van der Waals surface area contributed by atoms with Gasteiger partial charge in [0.25, 0.3) is 11.1 Å². The molecule has 4 heterocycles. The second kappa shape index (κ2) is 14.8. The van der Waals surface area contributed by atoms with Crippen molar-refractivity contribution >= 4 is 23.3 Å². The number of nitrogens with zero attached hydrogens (tertiary/aromatic N) is 2. The third-order valence-electron chi connectivity index (χ3n) is 9.24. The van der Waals surface area contributed by atoms with Gasteiger partial charge < -0.3 is 35.1 Å². The summed E-state index contributed by atoms with van der Waals surface area (Å²) < 4.78 is 14.6. The molecule has 5 N–H and O–H groups in total. The smallest absolute Gasteiger partial charge is 0.345 e. The van der Waals surface area contributed by atoms with Crippen LogP contribution in [0.3, 0.4) is 0 Å². The average molecular weight is 673 g/mol. The van der Waals surface area contributed by atoms with Gasteiger partial charge in [0, 0.05) is 54.2 Å². The highest BCUT2D eigenvalue weighted by molar-refractivity contribution is 5.92. The van der Waals surface area contributed by atoms with Crippen LogP contribution in [0, 0.1) is 12.7 Å². The molecule has 49 heavy (non-hydrogen) atoms. The first-order chi connectivity index (χ1) is 23.4. The molecule has 2 aromatic carbocycles. The molecule has 2 saturated heterocycles. The number of hydrogen-bond acceptors (Lipinski definition) is 7. The number of nitrogens with one attached hydrogen (secondary N) is 2. The van der Waals surface area contributed by atoms with Crippen LogP contribution in [0.1, 0.15) is 76.9 Å². The summed E-state index contributed by atoms with van der Waals surface area (Å²) in [6.07, 6.45) is 5.49. The fraction of sp³-hybridized carbons (Fsp3) is 0.351. The largest absolute Gasteiger partial charge is 0.506 e. The van der Waals surface area contributed by atoms with E-state index in [9.17, 15) is 28.7 Å². The number of aromatic nitrogens is 2. The van der Waals surface area contributed by atoms with Gasteiger partial charge in [0.2, 0.25) is 0 Å². The lowest BCUT2D eigenvalue weighted by Gasteiger charge is -2.20. The number of benzene rings is 2. The molecule has 4 aromatic rings. The second-order valence-electron chi connectivity index (χ2n) is 12.3. The monoisotopic (exact) mass is 672 g/mol. The first-order valence-corrected chi connectivity index (χ1v) is 16.6. The molecule has 0 amide bonds. The van der Waals surface area contributed by atoms with Crippen molar-refractivity contribution in [1.82, 2.24) is 9.97 Å². The highest BCUT2D eigenvalue weighted by Crippen LogP contribution is 2.34. The van der Waals surface area contributed by atoms with Crippen LogP contribution in [-0.4, -0.2) is 63.4 Å². The minimum absolute atomic E-state index is 0.281. The van der Waals surface area contributed by atoms with Crippen molar-refractivity contribution in [2.24, 2.45) is 0 Å². The van der Waals surface area contributed by atoms with Gasteiger partial charge in [-0.15, -0.1) is 0 Å². The van der Waals surface area contributed by atoms with Crippen LogP contribution in [0.4, 0.5) is 15.8 Å². The number of carboxylic acids is 2. The van der Waals surface area contributed by atoms with E-state index in [2.05, 4.69) is 25.8 Å². The summed E-state index contributed by atoms with van der Waals surface area (Å²) in [4.78, 5) is 56.0. The fourth-order valence-corrected chi connectivity index (χ4v) is 6.63. The molecule has 258 valence electrons. The molecule has 2 aromatic heterocycles. The molecule has 0 saturated carbocycles. The molecule has 0 bridgehead atoms. The summed E-state index contributed by atoms with van der Waals surface area (Å²) in [5.41, 5.74) is 3.44. The van der Waals surface area contributed by atoms with E-state index in [0.29, 0.717) is 35.4 Å². The standard InChI is InChI=1S/C19H22N2O4.C18H19FN2O3/c1-3-13-16(20-18(23)15(17(13)22)19(24)25)14-7-6-12(10-11(14)2)21-8-4-5-9-21;1-2-11-9-14(18(23)24)17(22)20-16(11)13-6-5-12(10-15(13)19)21-7-3-4-8-21/h6-7,10H,3-5,8-9H2,1-2H3,(H,24,25)(H2,20,22,23);5-6,9-10H,2-4,7-8H2,1H3,(H,20,22)(H,23,24). The summed E-state index contributed by atoms with van der Waals surface area (Å²) in [7, 11) is 0. The Balaban J connectivity index is 0.000000191. The Morgan fingerprint density at radius 3 is 1.80 bits per heavy atom. The van der Waals surface area contributed by atoms with E-state index in [4.69, 9.17) is 10.2 Å². The van der Waals surface area contributed by atoms with Crippen molar-refractivity contribution in [1.29, 1.82) is 0 Å². The van der Waals surface area contributed by atoms with Gasteiger partial charge in [-0.25, -0.2) is 14.0 Å². The number of anilines is 2. The van der Waals surface area contributed by atoms with Crippen molar-refractivity contribution < 1.29 is 29.3 Å². The maximum absolute atomic E-state index is 14.6. The Labute approximate surface area is 282 Å². The number of carboxylic acid groups (broad SMARTS) is 2. The molecule has 0 radical (unpaired) electrons. The Kier molecular flexibility index (Phi) is 10.5. The van der Waals surface area contributed by atoms with Gasteiger partial charge in [0.05, 0.1) is 11.4 Å². The van der Waals surface area contributed by atoms with Crippen LogP contribution in [-0.2, 0) is 12.8 Å². The molecule has 2 aliphatic heterocycles. The van der Waals surface area contributed by atoms with Crippen LogP contribution in [0.5, 0.6) is 5.75 Å². The Morgan fingerprint density at radius 2 is 1.31 bits per heavy atom. The van der Waals surface area contributed by atoms with Gasteiger partial charge >= 0.3 is 11.9 Å². The summed E-state index contributed by atoms with van der Waals surface area (Å²) >= 11 is 0. The molecule has 0 atom stereocenters. The molecule has 2 aliphatic rings. The van der Waals surface area contributed by atoms with Gasteiger partial charge in [0.1, 0.15) is 17.1 Å². The number of H-pyrrole nitrogens is 2. The number of halogens is 1. The van der Waals surface area contributed by atoms with Crippen LogP contribution < -0.4 is 20.9 Å². The highest BCUT2D eigenvalue weighted by atomic mass is 19.1. The van der Waals surface area contributed by atoms with Crippen LogP contribution in [0.25, 0.3) is 22.5 Å². The Morgan fingerprint density at radius 1 is 0.755 bits per heavy atom. The number of aromatic hydroxyl groups is 1. The van der Waals surface area contributed by atoms with E-state index in [0.717, 1.165) is 61.5 Å². The molecular formula is C37H41FN4O7. The lowest BCUT2D eigenvalue weighted by atomic mass is 9.97. The molecule has 11 nitrogen and oxygen atoms in total. The number of aromatic amines is 2. The predicted molar refractivity (Wildman–Crippen MR) is 187 cm³/mol. The van der Waals surface area contributed by atoms with E-state index < -0.39 is 40.2 Å². The fourth-order valence-electron chi connectivity index (χ4n) is 6.63. The van der Waals surface area contributed by atoms with E-state index in [-0.39, 0.29) is 11.1 Å². The maximum atomic E-state index is 14.6. The van der Waals surface area contributed by atoms with Gasteiger partial charge in [0.15, 0.2) is 5.56 Å². The Hall–Kier alpha value is -5.39. The number of aromatic carboxylic acids is 2. The number of rotatable bonds is 8. The lowest BCUT2D eigenvalue weighted by molar-refractivity contribution is 0.0682. The predicted octanol–water partition coefficient (Wildman–Crippen LogP) is 5.96. The normalized spacial score (nSPS) is 14.1. The van der Waals surface area contributed by atoms with Crippen LogP contribution in [0.15, 0.2) is 52.1 Å². The second-order valence-corrected chi connectivity index (χ2v) is 12.3. The third kappa shape index (κ3) is 7.23. The maximum Gasteiger partial charge on any atom is 0.345 e. The average Bonchev–Trinajstić information content (AvgIpc) is 3.80. The minimum Gasteiger partial charge on any atom is -0.506 e. The SMILES string of the molecule is CCc1c(-c2ccc(N3CCCC3)cc2C)[nH]c(=O)c(C(=O)O)c1O.CCc1cc(C(=O)O)c(=O)[nH]c1-c1ccc(N2CCCC2)cc1F. The Bertz CT molecular complexity index is 2010. The van der Waals surface area contributed by atoms with E-state index in [1.807, 2.05) is 39.0 Å². The zero-order valence-electron chi connectivity index (χ0n) is 27.9. The molecule has 12 heteroatoms. The van der Waals surface area contributed by atoms with Crippen LogP contribution in [0.2, 0.25) is 0 Å². The molecule has 6 rings (SSSR count). The van der Waals surface area contributed by atoms with Crippen molar-refractivity contribution in [2.75, 3.05) is 36.0 Å². The van der Waals surface area contributed by atoms with E-state index in [1.54, 1.807) is 6.07 Å². The topological polar surface area (TPSA) is 167 Å². The minimum atomic E-state index is -1.43. The zero-order chi connectivity index (χ0) is 35.4. The summed E-state index contributed by atoms with van der Waals surface area (Å²) in [6.45, 7) is 9.53. The van der Waals surface area contributed by atoms with Gasteiger partial charge in [-0.3, -0.25) is 9.59 Å². The molecule has 2 fully saturated rings. The molecule has 0 spiro atoms. The first-order valence-electron chi connectivity index (χ1n) is 16.6. The van der Waals surface area contributed by atoms with Crippen LogP contribution >= 0.6 is 0 Å². The van der Waals surface area contributed by atoms with Crippen molar-refractivity contribution in [3.05, 3.63) is 96.8 Å². The zero-order valence-corrected chi connectivity index (χ0v) is 27.9. The first kappa shape index (κ1) is 34.9. The van der Waals surface area contributed by atoms with E-state index in [1.165, 1.54) is 25.0 Å². The molecule has 0 aliphatic carbocycles. The molecular weight excluding hydrogens is 631 g/mol.